The van der Waals surface area contributed by atoms with Crippen molar-refractivity contribution in [1.82, 2.24) is 0 Å². The molecule has 0 aromatic rings. The summed E-state index contributed by atoms with van der Waals surface area (Å²) in [5, 5.41) is 28.7. The van der Waals surface area contributed by atoms with E-state index in [0.717, 1.165) is 0 Å². The number of carbonyl (C=O) groups is 3. The normalized spacial score (nSPS) is 14.1. The molecule has 0 atom stereocenters. The Morgan fingerprint density at radius 3 is 0.550 bits per heavy atom. The Labute approximate surface area is 273 Å². The van der Waals surface area contributed by atoms with E-state index in [2.05, 4.69) is 0 Å². The molecule has 1 radical (unpaired) electrons. The number of aliphatic hydroxyl groups excluding tert-OH is 3. The van der Waals surface area contributed by atoms with Crippen LogP contribution in [0.4, 0.5) is 0 Å². The summed E-state index contributed by atoms with van der Waals surface area (Å²) in [4.78, 5) is 34.5. The van der Waals surface area contributed by atoms with Crippen LogP contribution in [0.2, 0.25) is 0 Å². The number of hydrogen-bond acceptors (Lipinski definition) is 6. The van der Waals surface area contributed by atoms with Crippen LogP contribution in [0.1, 0.15) is 125 Å². The molecule has 40 heavy (non-hydrogen) atoms. The van der Waals surface area contributed by atoms with Crippen LogP contribution < -0.4 is 0 Å². The van der Waals surface area contributed by atoms with Gasteiger partial charge in [0.25, 0.3) is 0 Å². The molecule has 3 N–H and O–H groups in total. The van der Waals surface area contributed by atoms with Crippen LogP contribution in [0.25, 0.3) is 0 Å². The Morgan fingerprint density at radius 1 is 0.350 bits per heavy atom. The van der Waals surface area contributed by atoms with E-state index >= 15 is 0 Å². The molecule has 0 rings (SSSR count). The van der Waals surface area contributed by atoms with Crippen LogP contribution in [0.3, 0.4) is 0 Å². The largest absolute Gasteiger partial charge is 0.512 e. The van der Waals surface area contributed by atoms with Crippen LogP contribution >= 0.6 is 0 Å². The van der Waals surface area contributed by atoms with Gasteiger partial charge in [-0.3, -0.25) is 14.4 Å². The quantitative estimate of drug-likeness (QED) is 0.201. The molecule has 0 unspecified atom stereocenters. The molecule has 0 aliphatic heterocycles. The van der Waals surface area contributed by atoms with E-state index in [1.807, 2.05) is 125 Å². The predicted octanol–water partition coefficient (Wildman–Crippen LogP) is 9.27. The summed E-state index contributed by atoms with van der Waals surface area (Å²) in [6.07, 6.45) is 4.00. The molecule has 0 amide bonds. The Morgan fingerprint density at radius 2 is 0.475 bits per heavy atom. The second-order valence-electron chi connectivity index (χ2n) is 16.2. The van der Waals surface area contributed by atoms with E-state index in [4.69, 9.17) is 0 Å². The Hall–Kier alpha value is -1.18. The zero-order chi connectivity index (χ0) is 32.6. The van der Waals surface area contributed by atoms with E-state index in [-0.39, 0.29) is 86.5 Å². The van der Waals surface area contributed by atoms with Crippen LogP contribution in [0.5, 0.6) is 0 Å². The topological polar surface area (TPSA) is 112 Å². The smallest absolute Gasteiger partial charge is 0.164 e. The molecule has 0 saturated carbocycles. The van der Waals surface area contributed by atoms with Crippen molar-refractivity contribution in [3.63, 3.8) is 0 Å². The molecular weight excluding hydrogens is 631 g/mol. The van der Waals surface area contributed by atoms with Gasteiger partial charge in [-0.05, 0) is 0 Å². The van der Waals surface area contributed by atoms with Crippen LogP contribution in [-0.2, 0) is 14.4 Å². The number of rotatable bonds is 3. The molecule has 0 aliphatic carbocycles. The number of allylic oxidation sites excluding steroid dienone is 6. The van der Waals surface area contributed by atoms with Crippen molar-refractivity contribution >= 4 is 17.3 Å². The zero-order valence-corrected chi connectivity index (χ0v) is 32.5. The maximum absolute atomic E-state index is 11.5. The van der Waals surface area contributed by atoms with Crippen LogP contribution in [-0.4, -0.2) is 32.7 Å². The minimum absolute atomic E-state index is 0. The van der Waals surface area contributed by atoms with Gasteiger partial charge in [-0.1, -0.05) is 125 Å². The molecule has 0 aromatic carbocycles. The Balaban J connectivity index is -0.000000240. The predicted molar refractivity (Wildman–Crippen MR) is 164 cm³/mol. The second-order valence-corrected chi connectivity index (χ2v) is 16.2. The van der Waals surface area contributed by atoms with Gasteiger partial charge in [0.05, 0.1) is 0 Å². The third kappa shape index (κ3) is 21.6. The summed E-state index contributed by atoms with van der Waals surface area (Å²) in [5.74, 6) is 0.312. The molecule has 0 bridgehead atoms. The Kier molecular flexibility index (Phi) is 18.8. The van der Waals surface area contributed by atoms with Gasteiger partial charge in [-0.2, -0.15) is 0 Å². The van der Waals surface area contributed by atoms with E-state index in [1.165, 1.54) is 18.2 Å². The van der Waals surface area contributed by atoms with Crippen molar-refractivity contribution in [3.05, 3.63) is 35.5 Å². The summed E-state index contributed by atoms with van der Waals surface area (Å²) in [6.45, 7) is 33.3. The van der Waals surface area contributed by atoms with E-state index in [9.17, 15) is 29.7 Å². The van der Waals surface area contributed by atoms with Gasteiger partial charge in [0.2, 0.25) is 0 Å². The fourth-order valence-corrected chi connectivity index (χ4v) is 1.67. The summed E-state index contributed by atoms with van der Waals surface area (Å²) in [5.41, 5.74) is -2.29. The number of ketones is 3. The zero-order valence-electron chi connectivity index (χ0n) is 28.9. The molecule has 231 valence electrons. The summed E-state index contributed by atoms with van der Waals surface area (Å²) >= 11 is 0. The molecule has 0 spiro atoms. The molecule has 0 fully saturated rings. The SMILES string of the molecule is CC(C)(C)C(=O)C=C(O)C(C)(C)C.CC(C)(C)C(=O)C=C(O)C(C)(C)C.CC(C)(C)C(=O)C=C(O)C(C)(C)C.[La]. The maximum Gasteiger partial charge on any atom is 0.164 e. The number of carbonyl (C=O) groups excluding carboxylic acids is 3. The summed E-state index contributed by atoms with van der Waals surface area (Å²) < 4.78 is 0. The number of hydrogen-bond donors (Lipinski definition) is 3. The standard InChI is InChI=1S/3C11H20O2.La/c3*1-10(2,3)8(12)7-9(13)11(4,5)6;/h3*7,12H,1-6H3;. The molecule has 6 nitrogen and oxygen atoms in total. The third-order valence-electron chi connectivity index (χ3n) is 5.33. The molecule has 0 aromatic heterocycles. The fourth-order valence-electron chi connectivity index (χ4n) is 1.67. The van der Waals surface area contributed by atoms with Gasteiger partial charge in [0.1, 0.15) is 17.3 Å². The summed E-state index contributed by atoms with van der Waals surface area (Å²) in [7, 11) is 0. The minimum atomic E-state index is -0.417. The van der Waals surface area contributed by atoms with Crippen molar-refractivity contribution in [2.45, 2.75) is 125 Å². The molecule has 7 heteroatoms. The van der Waals surface area contributed by atoms with E-state index in [1.54, 1.807) is 0 Å². The third-order valence-corrected chi connectivity index (χ3v) is 5.33. The van der Waals surface area contributed by atoms with Gasteiger partial charge in [-0.15, -0.1) is 0 Å². The van der Waals surface area contributed by atoms with Gasteiger partial charge in [0.15, 0.2) is 17.3 Å². The summed E-state index contributed by atoms with van der Waals surface area (Å²) in [6, 6.07) is 0. The van der Waals surface area contributed by atoms with Crippen molar-refractivity contribution in [1.29, 1.82) is 0 Å². The molecule has 0 aliphatic rings. The van der Waals surface area contributed by atoms with Crippen molar-refractivity contribution in [3.8, 4) is 0 Å². The van der Waals surface area contributed by atoms with Gasteiger partial charge < -0.3 is 15.3 Å². The second kappa shape index (κ2) is 16.5. The minimum Gasteiger partial charge on any atom is -0.512 e. The first-order chi connectivity index (χ1) is 16.6. The average molecular weight is 692 g/mol. The first-order valence-electron chi connectivity index (χ1n) is 13.5. The molecular formula is C33H60LaO6. The van der Waals surface area contributed by atoms with Crippen LogP contribution in [0.15, 0.2) is 35.5 Å². The van der Waals surface area contributed by atoms with Gasteiger partial charge in [0, 0.05) is 86.3 Å². The maximum atomic E-state index is 11.5. The number of aliphatic hydroxyl groups is 3. The van der Waals surface area contributed by atoms with Crippen molar-refractivity contribution < 1.29 is 65.3 Å². The first-order valence-corrected chi connectivity index (χ1v) is 13.5. The van der Waals surface area contributed by atoms with Gasteiger partial charge >= 0.3 is 0 Å². The van der Waals surface area contributed by atoms with Crippen molar-refractivity contribution in [2.24, 2.45) is 32.5 Å². The monoisotopic (exact) mass is 691 g/mol. The Bertz CT molecular complexity index is 801. The van der Waals surface area contributed by atoms with Crippen LogP contribution in [0, 0.1) is 68.1 Å². The van der Waals surface area contributed by atoms with E-state index in [0.29, 0.717) is 0 Å². The fraction of sp³-hybridized carbons (Fsp3) is 0.727. The average Bonchev–Trinajstić information content (AvgIpc) is 2.64. The molecule has 0 saturated heterocycles. The molecule has 0 heterocycles. The first kappa shape index (κ1) is 45.8. The van der Waals surface area contributed by atoms with Crippen molar-refractivity contribution in [2.75, 3.05) is 0 Å². The van der Waals surface area contributed by atoms with Gasteiger partial charge in [-0.25, -0.2) is 0 Å². The van der Waals surface area contributed by atoms with E-state index < -0.39 is 16.2 Å².